The van der Waals surface area contributed by atoms with Crippen molar-refractivity contribution in [1.82, 2.24) is 0 Å². The summed E-state index contributed by atoms with van der Waals surface area (Å²) in [6, 6.07) is 0. The van der Waals surface area contributed by atoms with E-state index in [4.69, 9.17) is 0 Å². The van der Waals surface area contributed by atoms with E-state index in [1.54, 1.807) is 6.92 Å². The molecule has 0 aliphatic carbocycles. The van der Waals surface area contributed by atoms with E-state index in [0.29, 0.717) is 0 Å². The Labute approximate surface area is 95.1 Å². The monoisotopic (exact) mass is 274 g/mol. The zero-order valence-electron chi connectivity index (χ0n) is 9.26. The smallest absolute Gasteiger partial charge is 0.315 e. The molecule has 0 spiro atoms. The van der Waals surface area contributed by atoms with Crippen LogP contribution in [0.25, 0.3) is 0 Å². The van der Waals surface area contributed by atoms with Crippen LogP contribution in [0.2, 0.25) is 0 Å². The lowest BCUT2D eigenvalue weighted by atomic mass is 10.8. The quantitative estimate of drug-likeness (QED) is 0.383. The van der Waals surface area contributed by atoms with Crippen LogP contribution in [0.5, 0.6) is 0 Å². The number of hydrogen-bond acceptors (Lipinski definition) is 7. The topological polar surface area (TPSA) is 96.0 Å². The lowest BCUT2D eigenvalue weighted by Crippen LogP contribution is -2.26. The fraction of sp³-hybridized carbons (Fsp3) is 0.857. The molecule has 2 atom stereocenters. The van der Waals surface area contributed by atoms with Gasteiger partial charge in [-0.2, -0.15) is 8.42 Å². The summed E-state index contributed by atoms with van der Waals surface area (Å²) in [6.45, 7) is 3.91. The summed E-state index contributed by atoms with van der Waals surface area (Å²) in [5.74, 6) is -0.869. The van der Waals surface area contributed by atoms with E-state index in [1.165, 1.54) is 6.92 Å². The van der Waals surface area contributed by atoms with Gasteiger partial charge < -0.3 is 9.26 Å². The first-order valence-electron chi connectivity index (χ1n) is 4.57. The van der Waals surface area contributed by atoms with Crippen LogP contribution in [0.4, 0.5) is 0 Å². The Kier molecular flexibility index (Phi) is 6.82. The molecule has 0 aliphatic rings. The number of hydrogen-bond donors (Lipinski definition) is 0. The lowest BCUT2D eigenvalue weighted by Gasteiger charge is -2.15. The first-order valence-corrected chi connectivity index (χ1v) is 7.43. The Balaban J connectivity index is 4.93. The molecule has 96 valence electrons. The predicted molar refractivity (Wildman–Crippen MR) is 56.7 cm³/mol. The van der Waals surface area contributed by atoms with Gasteiger partial charge in [0.25, 0.3) is 5.18 Å². The zero-order valence-corrected chi connectivity index (χ0v) is 11.1. The van der Waals surface area contributed by atoms with Crippen LogP contribution in [0.15, 0.2) is 0 Å². The van der Waals surface area contributed by atoms with E-state index >= 15 is 0 Å². The molecule has 0 saturated carbocycles. The third-order valence-electron chi connectivity index (χ3n) is 1.30. The minimum atomic E-state index is -4.22. The maximum Gasteiger partial charge on any atom is 0.315 e. The average Bonchev–Trinajstić information content (AvgIpc) is 2.13. The van der Waals surface area contributed by atoms with Crippen molar-refractivity contribution in [3.8, 4) is 0 Å². The normalized spacial score (nSPS) is 15.4. The number of rotatable bonds is 7. The Morgan fingerprint density at radius 2 is 1.88 bits per heavy atom. The Morgan fingerprint density at radius 3 is 2.25 bits per heavy atom. The van der Waals surface area contributed by atoms with Crippen LogP contribution in [-0.4, -0.2) is 32.8 Å². The predicted octanol–water partition coefficient (Wildman–Crippen LogP) is 0.711. The van der Waals surface area contributed by atoms with Crippen molar-refractivity contribution in [2.45, 2.75) is 25.9 Å². The lowest BCUT2D eigenvalue weighted by molar-refractivity contribution is -0.140. The third kappa shape index (κ3) is 5.07. The average molecular weight is 274 g/mol. The highest BCUT2D eigenvalue weighted by Crippen LogP contribution is 2.34. The van der Waals surface area contributed by atoms with Gasteiger partial charge in [-0.3, -0.25) is 13.5 Å². The van der Waals surface area contributed by atoms with Crippen LogP contribution >= 0.6 is 8.03 Å². The van der Waals surface area contributed by atoms with Crippen molar-refractivity contribution in [1.29, 1.82) is 0 Å². The Morgan fingerprint density at radius 1 is 1.31 bits per heavy atom. The molecule has 0 bridgehead atoms. The standard InChI is InChI=1S/C7H15O7PS/c1-4-12-15(9)7(14-6(3)8)16(10,11)13-5-2/h7,15H,4-5H2,1-3H3. The molecule has 0 aromatic rings. The van der Waals surface area contributed by atoms with E-state index in [-0.39, 0.29) is 13.2 Å². The van der Waals surface area contributed by atoms with Gasteiger partial charge in [0.05, 0.1) is 13.2 Å². The summed E-state index contributed by atoms with van der Waals surface area (Å²) in [5, 5.41) is -1.88. The number of carbonyl (C=O) groups excluding carboxylic acids is 1. The summed E-state index contributed by atoms with van der Waals surface area (Å²) >= 11 is 0. The molecule has 0 aromatic heterocycles. The van der Waals surface area contributed by atoms with Crippen LogP contribution < -0.4 is 0 Å². The minimum Gasteiger partial charge on any atom is -0.433 e. The van der Waals surface area contributed by atoms with Gasteiger partial charge in [-0.15, -0.1) is 0 Å². The molecule has 0 aromatic carbocycles. The number of ether oxygens (including phenoxy) is 1. The van der Waals surface area contributed by atoms with Gasteiger partial charge in [0, 0.05) is 6.92 Å². The second-order valence-corrected chi connectivity index (χ2v) is 6.11. The zero-order chi connectivity index (χ0) is 12.8. The van der Waals surface area contributed by atoms with Crippen molar-refractivity contribution in [2.75, 3.05) is 13.2 Å². The molecule has 9 heteroatoms. The summed E-state index contributed by atoms with van der Waals surface area (Å²) < 4.78 is 47.8. The highest BCUT2D eigenvalue weighted by atomic mass is 32.2. The van der Waals surface area contributed by atoms with E-state index in [1.807, 2.05) is 0 Å². The van der Waals surface area contributed by atoms with E-state index in [2.05, 4.69) is 13.4 Å². The number of carbonyl (C=O) groups is 1. The molecule has 0 amide bonds. The fourth-order valence-electron chi connectivity index (χ4n) is 0.812. The summed E-state index contributed by atoms with van der Waals surface area (Å²) in [4.78, 5) is 10.7. The second kappa shape index (κ2) is 7.01. The molecule has 0 saturated heterocycles. The maximum atomic E-state index is 11.4. The van der Waals surface area contributed by atoms with E-state index < -0.39 is 29.3 Å². The van der Waals surface area contributed by atoms with Crippen molar-refractivity contribution in [3.05, 3.63) is 0 Å². The van der Waals surface area contributed by atoms with Crippen LogP contribution in [0.3, 0.4) is 0 Å². The first kappa shape index (κ1) is 15.6. The number of esters is 1. The van der Waals surface area contributed by atoms with Gasteiger partial charge >= 0.3 is 16.1 Å². The Bertz CT molecular complexity index is 350. The largest absolute Gasteiger partial charge is 0.433 e. The Hall–Kier alpha value is -0.430. The van der Waals surface area contributed by atoms with Gasteiger partial charge in [-0.05, 0) is 13.8 Å². The molecule has 2 unspecified atom stereocenters. The summed E-state index contributed by atoms with van der Waals surface area (Å²) in [7, 11) is -7.28. The van der Waals surface area contributed by atoms with Crippen molar-refractivity contribution < 1.29 is 31.2 Å². The molecular formula is C7H15O7PS. The molecule has 0 fully saturated rings. The summed E-state index contributed by atoms with van der Waals surface area (Å²) in [5.41, 5.74) is 0. The van der Waals surface area contributed by atoms with Gasteiger partial charge in [0.1, 0.15) is 0 Å². The highest BCUT2D eigenvalue weighted by molar-refractivity contribution is 7.92. The van der Waals surface area contributed by atoms with Crippen molar-refractivity contribution in [2.24, 2.45) is 0 Å². The highest BCUT2D eigenvalue weighted by Gasteiger charge is 2.35. The van der Waals surface area contributed by atoms with Gasteiger partial charge in [0.15, 0.2) is 0 Å². The molecule has 7 nitrogen and oxygen atoms in total. The SMILES string of the molecule is CCO[PH](=O)C(OC(C)=O)S(=O)(=O)OCC. The molecule has 0 rings (SSSR count). The first-order chi connectivity index (χ1) is 7.35. The van der Waals surface area contributed by atoms with Crippen LogP contribution in [-0.2, 0) is 32.9 Å². The minimum absolute atomic E-state index is 0.0528. The molecular weight excluding hydrogens is 259 g/mol. The van der Waals surface area contributed by atoms with Crippen LogP contribution in [0, 0.1) is 0 Å². The molecule has 0 heterocycles. The van der Waals surface area contributed by atoms with E-state index in [0.717, 1.165) is 6.92 Å². The summed E-state index contributed by atoms with van der Waals surface area (Å²) in [6.07, 6.45) is 0. The van der Waals surface area contributed by atoms with Gasteiger partial charge in [-0.1, -0.05) is 0 Å². The molecule has 0 aliphatic heterocycles. The fourth-order valence-corrected chi connectivity index (χ4v) is 3.55. The van der Waals surface area contributed by atoms with Crippen molar-refractivity contribution in [3.63, 3.8) is 0 Å². The molecule has 0 radical (unpaired) electrons. The maximum absolute atomic E-state index is 11.4. The van der Waals surface area contributed by atoms with Crippen LogP contribution in [0.1, 0.15) is 20.8 Å². The van der Waals surface area contributed by atoms with Gasteiger partial charge in [0.2, 0.25) is 8.03 Å². The van der Waals surface area contributed by atoms with Crippen molar-refractivity contribution >= 4 is 24.1 Å². The molecule has 0 N–H and O–H groups in total. The second-order valence-electron chi connectivity index (χ2n) is 2.59. The van der Waals surface area contributed by atoms with E-state index in [9.17, 15) is 17.8 Å². The molecule has 16 heavy (non-hydrogen) atoms. The third-order valence-corrected chi connectivity index (χ3v) is 5.00. The van der Waals surface area contributed by atoms with Gasteiger partial charge in [-0.25, -0.2) is 0 Å².